The lowest BCUT2D eigenvalue weighted by atomic mass is 10.1. The summed E-state index contributed by atoms with van der Waals surface area (Å²) in [6.07, 6.45) is 3.12. The molecule has 0 bridgehead atoms. The van der Waals surface area contributed by atoms with E-state index in [0.717, 1.165) is 28.8 Å². The van der Waals surface area contributed by atoms with Crippen molar-refractivity contribution in [1.29, 1.82) is 0 Å². The van der Waals surface area contributed by atoms with Crippen molar-refractivity contribution in [2.24, 2.45) is 5.92 Å². The Morgan fingerprint density at radius 1 is 1.23 bits per heavy atom. The maximum atomic E-state index is 13.7. The topological polar surface area (TPSA) is 52.2 Å². The van der Waals surface area contributed by atoms with E-state index in [0.29, 0.717) is 17.1 Å². The standard InChI is InChI=1S/C20H19FN4O/c1-12(2)10-25-17-8-14(13(3)26)4-6-16(17)20(23-25)18-9-22-19-7-5-15(21)11-24(18)19/h4-9,11-12H,10H2,1-3H3. The highest BCUT2D eigenvalue weighted by Crippen LogP contribution is 2.30. The monoisotopic (exact) mass is 350 g/mol. The van der Waals surface area contributed by atoms with E-state index in [9.17, 15) is 9.18 Å². The minimum atomic E-state index is -0.332. The Kier molecular flexibility index (Phi) is 3.83. The number of fused-ring (bicyclic) bond motifs is 2. The largest absolute Gasteiger partial charge is 0.295 e. The Bertz CT molecular complexity index is 1140. The van der Waals surface area contributed by atoms with Crippen LogP contribution in [0.4, 0.5) is 4.39 Å². The highest BCUT2D eigenvalue weighted by atomic mass is 19.1. The van der Waals surface area contributed by atoms with Crippen LogP contribution in [0.5, 0.6) is 0 Å². The normalized spacial score (nSPS) is 11.7. The fourth-order valence-electron chi connectivity index (χ4n) is 3.20. The molecular formula is C20H19FN4O. The summed E-state index contributed by atoms with van der Waals surface area (Å²) in [6, 6.07) is 8.62. The zero-order valence-corrected chi connectivity index (χ0v) is 14.9. The molecule has 4 aromatic rings. The highest BCUT2D eigenvalue weighted by molar-refractivity contribution is 6.00. The van der Waals surface area contributed by atoms with Crippen molar-refractivity contribution < 1.29 is 9.18 Å². The third-order valence-electron chi connectivity index (χ3n) is 4.41. The molecule has 1 aromatic carbocycles. The molecule has 0 aliphatic heterocycles. The van der Waals surface area contributed by atoms with E-state index in [4.69, 9.17) is 5.10 Å². The van der Waals surface area contributed by atoms with Gasteiger partial charge in [0.05, 0.1) is 17.4 Å². The van der Waals surface area contributed by atoms with Gasteiger partial charge < -0.3 is 0 Å². The lowest BCUT2D eigenvalue weighted by Gasteiger charge is -2.06. The predicted octanol–water partition coefficient (Wildman–Crippen LogP) is 4.35. The molecule has 0 spiro atoms. The molecule has 0 N–H and O–H groups in total. The van der Waals surface area contributed by atoms with Gasteiger partial charge in [-0.2, -0.15) is 5.10 Å². The van der Waals surface area contributed by atoms with Gasteiger partial charge in [-0.05, 0) is 37.1 Å². The van der Waals surface area contributed by atoms with Crippen LogP contribution in [0.3, 0.4) is 0 Å². The number of ketones is 1. The van der Waals surface area contributed by atoms with Crippen molar-refractivity contribution in [2.75, 3.05) is 0 Å². The van der Waals surface area contributed by atoms with E-state index in [2.05, 4.69) is 18.8 Å². The van der Waals surface area contributed by atoms with Crippen molar-refractivity contribution >= 4 is 22.3 Å². The summed E-state index contributed by atoms with van der Waals surface area (Å²) in [6.45, 7) is 6.51. The second-order valence-electron chi connectivity index (χ2n) is 6.93. The third-order valence-corrected chi connectivity index (χ3v) is 4.41. The number of Topliss-reactive ketones (excluding diaryl/α,β-unsaturated/α-hetero) is 1. The second kappa shape index (κ2) is 6.05. The molecule has 5 nitrogen and oxygen atoms in total. The van der Waals surface area contributed by atoms with Gasteiger partial charge in [0, 0.05) is 23.7 Å². The first-order chi connectivity index (χ1) is 12.4. The number of hydrogen-bond acceptors (Lipinski definition) is 3. The number of aromatic nitrogens is 4. The molecule has 132 valence electrons. The summed E-state index contributed by atoms with van der Waals surface area (Å²) in [5.41, 5.74) is 3.66. The summed E-state index contributed by atoms with van der Waals surface area (Å²) in [5, 5.41) is 5.69. The van der Waals surface area contributed by atoms with Crippen molar-refractivity contribution in [3.63, 3.8) is 0 Å². The van der Waals surface area contributed by atoms with Crippen LogP contribution in [-0.2, 0) is 6.54 Å². The second-order valence-corrected chi connectivity index (χ2v) is 6.93. The van der Waals surface area contributed by atoms with Crippen LogP contribution >= 0.6 is 0 Å². The van der Waals surface area contributed by atoms with Crippen LogP contribution in [-0.4, -0.2) is 24.9 Å². The average Bonchev–Trinajstić information content (AvgIpc) is 3.15. The Labute approximate surface area is 150 Å². The number of hydrogen-bond donors (Lipinski definition) is 0. The van der Waals surface area contributed by atoms with Crippen LogP contribution in [0.25, 0.3) is 27.9 Å². The number of imidazole rings is 1. The average molecular weight is 350 g/mol. The number of carbonyl (C=O) groups is 1. The lowest BCUT2D eigenvalue weighted by molar-refractivity contribution is 0.101. The van der Waals surface area contributed by atoms with Gasteiger partial charge in [-0.1, -0.05) is 19.9 Å². The Hall–Kier alpha value is -3.02. The number of halogens is 1. The Morgan fingerprint density at radius 3 is 2.77 bits per heavy atom. The molecule has 0 amide bonds. The molecule has 6 heteroatoms. The molecule has 0 radical (unpaired) electrons. The van der Waals surface area contributed by atoms with E-state index in [-0.39, 0.29) is 11.6 Å². The molecular weight excluding hydrogens is 331 g/mol. The first-order valence-electron chi connectivity index (χ1n) is 8.58. The maximum absolute atomic E-state index is 13.7. The summed E-state index contributed by atoms with van der Waals surface area (Å²) in [4.78, 5) is 16.1. The Balaban J connectivity index is 1.99. The summed E-state index contributed by atoms with van der Waals surface area (Å²) in [5.74, 6) is 0.0794. The molecule has 0 fully saturated rings. The van der Waals surface area contributed by atoms with Crippen molar-refractivity contribution in [2.45, 2.75) is 27.3 Å². The summed E-state index contributed by atoms with van der Waals surface area (Å²) < 4.78 is 17.4. The zero-order chi connectivity index (χ0) is 18.4. The van der Waals surface area contributed by atoms with Gasteiger partial charge >= 0.3 is 0 Å². The minimum absolute atomic E-state index is 0.0163. The van der Waals surface area contributed by atoms with E-state index in [1.807, 2.05) is 16.8 Å². The molecule has 3 heterocycles. The number of carbonyl (C=O) groups excluding carboxylic acids is 1. The lowest BCUT2D eigenvalue weighted by Crippen LogP contribution is -2.06. The van der Waals surface area contributed by atoms with Gasteiger partial charge in [-0.3, -0.25) is 13.9 Å². The van der Waals surface area contributed by atoms with Crippen molar-refractivity contribution in [1.82, 2.24) is 19.2 Å². The molecule has 0 unspecified atom stereocenters. The molecule has 0 saturated heterocycles. The van der Waals surface area contributed by atoms with E-state index < -0.39 is 0 Å². The smallest absolute Gasteiger partial charge is 0.159 e. The number of rotatable bonds is 4. The van der Waals surface area contributed by atoms with Crippen LogP contribution in [0.2, 0.25) is 0 Å². The molecule has 0 atom stereocenters. The van der Waals surface area contributed by atoms with Gasteiger partial charge in [0.15, 0.2) is 5.78 Å². The van der Waals surface area contributed by atoms with Crippen LogP contribution in [0.15, 0.2) is 42.7 Å². The highest BCUT2D eigenvalue weighted by Gasteiger charge is 2.18. The molecule has 0 aliphatic rings. The fourth-order valence-corrected chi connectivity index (χ4v) is 3.20. The quantitative estimate of drug-likeness (QED) is 0.514. The minimum Gasteiger partial charge on any atom is -0.295 e. The first kappa shape index (κ1) is 16.4. The first-order valence-corrected chi connectivity index (χ1v) is 8.58. The van der Waals surface area contributed by atoms with Crippen LogP contribution in [0, 0.1) is 11.7 Å². The molecule has 26 heavy (non-hydrogen) atoms. The van der Waals surface area contributed by atoms with Crippen LogP contribution < -0.4 is 0 Å². The number of pyridine rings is 1. The van der Waals surface area contributed by atoms with Gasteiger partial charge in [-0.25, -0.2) is 9.37 Å². The Morgan fingerprint density at radius 2 is 2.04 bits per heavy atom. The summed E-state index contributed by atoms with van der Waals surface area (Å²) in [7, 11) is 0. The van der Waals surface area contributed by atoms with Crippen molar-refractivity contribution in [3.8, 4) is 11.4 Å². The number of benzene rings is 1. The summed E-state index contributed by atoms with van der Waals surface area (Å²) >= 11 is 0. The maximum Gasteiger partial charge on any atom is 0.159 e. The molecule has 3 aromatic heterocycles. The molecule has 4 rings (SSSR count). The SMILES string of the molecule is CC(=O)c1ccc2c(-c3cnc4ccc(F)cn34)nn(CC(C)C)c2c1. The van der Waals surface area contributed by atoms with Gasteiger partial charge in [-0.15, -0.1) is 0 Å². The van der Waals surface area contributed by atoms with E-state index in [1.54, 1.807) is 29.7 Å². The van der Waals surface area contributed by atoms with Crippen molar-refractivity contribution in [3.05, 3.63) is 54.1 Å². The predicted molar refractivity (Wildman–Crippen MR) is 98.7 cm³/mol. The van der Waals surface area contributed by atoms with Crippen LogP contribution in [0.1, 0.15) is 31.1 Å². The van der Waals surface area contributed by atoms with E-state index >= 15 is 0 Å². The fraction of sp³-hybridized carbons (Fsp3) is 0.250. The molecule has 0 saturated carbocycles. The van der Waals surface area contributed by atoms with E-state index in [1.165, 1.54) is 12.3 Å². The third kappa shape index (κ3) is 2.67. The van der Waals surface area contributed by atoms with Gasteiger partial charge in [0.25, 0.3) is 0 Å². The van der Waals surface area contributed by atoms with Gasteiger partial charge in [0.2, 0.25) is 0 Å². The zero-order valence-electron chi connectivity index (χ0n) is 14.9. The molecule has 0 aliphatic carbocycles. The van der Waals surface area contributed by atoms with Gasteiger partial charge in [0.1, 0.15) is 17.2 Å². The number of nitrogens with zero attached hydrogens (tertiary/aromatic N) is 4.